The van der Waals surface area contributed by atoms with Crippen molar-refractivity contribution in [1.29, 1.82) is 0 Å². The maximum absolute atomic E-state index is 12.7. The molecule has 0 atom stereocenters. The van der Waals surface area contributed by atoms with Crippen molar-refractivity contribution in [3.8, 4) is 5.75 Å². The van der Waals surface area contributed by atoms with E-state index >= 15 is 0 Å². The second-order valence-corrected chi connectivity index (χ2v) is 5.17. The Bertz CT molecular complexity index is 514. The fourth-order valence-corrected chi connectivity index (χ4v) is 1.96. The van der Waals surface area contributed by atoms with Crippen molar-refractivity contribution in [1.82, 2.24) is 10.2 Å². The zero-order valence-corrected chi connectivity index (χ0v) is 11.5. The molecule has 6 heteroatoms. The van der Waals surface area contributed by atoms with Gasteiger partial charge in [0.2, 0.25) is 0 Å². The number of benzene rings is 1. The van der Waals surface area contributed by atoms with Crippen molar-refractivity contribution < 1.29 is 18.7 Å². The molecule has 1 aromatic rings. The van der Waals surface area contributed by atoms with Gasteiger partial charge < -0.3 is 10.1 Å². The lowest BCUT2D eigenvalue weighted by Gasteiger charge is -2.16. The molecule has 1 heterocycles. The summed E-state index contributed by atoms with van der Waals surface area (Å²) in [6.45, 7) is 3.99. The molecule has 1 aliphatic heterocycles. The zero-order valence-electron chi connectivity index (χ0n) is 11.5. The number of rotatable bonds is 5. The molecule has 3 amide bonds. The van der Waals surface area contributed by atoms with E-state index in [0.29, 0.717) is 25.3 Å². The number of ether oxygens (including phenoxy) is 1. The SMILES string of the molecule is CC1(C)NC(=O)N(CCCOc2ccc(F)cc2)C1=O. The number of carbonyl (C=O) groups is 2. The largest absolute Gasteiger partial charge is 0.494 e. The van der Waals surface area contributed by atoms with Crippen LogP contribution in [0.25, 0.3) is 0 Å². The molecule has 1 N–H and O–H groups in total. The highest BCUT2D eigenvalue weighted by atomic mass is 19.1. The Morgan fingerprint density at radius 1 is 1.25 bits per heavy atom. The van der Waals surface area contributed by atoms with E-state index in [-0.39, 0.29) is 17.8 Å². The summed E-state index contributed by atoms with van der Waals surface area (Å²) in [5.41, 5.74) is -0.838. The Kier molecular flexibility index (Phi) is 3.92. The fourth-order valence-electron chi connectivity index (χ4n) is 1.96. The van der Waals surface area contributed by atoms with E-state index in [1.165, 1.54) is 29.2 Å². The third-order valence-electron chi connectivity index (χ3n) is 3.05. The molecule has 1 aromatic carbocycles. The lowest BCUT2D eigenvalue weighted by atomic mass is 10.1. The van der Waals surface area contributed by atoms with Gasteiger partial charge in [-0.15, -0.1) is 0 Å². The average molecular weight is 280 g/mol. The van der Waals surface area contributed by atoms with Crippen molar-refractivity contribution in [3.05, 3.63) is 30.1 Å². The number of hydrogen-bond acceptors (Lipinski definition) is 3. The summed E-state index contributed by atoms with van der Waals surface area (Å²) in [5, 5.41) is 2.61. The van der Waals surface area contributed by atoms with E-state index in [4.69, 9.17) is 4.74 Å². The molecule has 108 valence electrons. The molecule has 1 fully saturated rings. The van der Waals surface area contributed by atoms with E-state index in [1.54, 1.807) is 13.8 Å². The van der Waals surface area contributed by atoms with E-state index in [2.05, 4.69) is 5.32 Å². The second-order valence-electron chi connectivity index (χ2n) is 5.17. The number of urea groups is 1. The highest BCUT2D eigenvalue weighted by molar-refractivity contribution is 6.06. The fraction of sp³-hybridized carbons (Fsp3) is 0.429. The summed E-state index contributed by atoms with van der Waals surface area (Å²) in [5.74, 6) is 0.00660. The minimum Gasteiger partial charge on any atom is -0.494 e. The first-order valence-electron chi connectivity index (χ1n) is 6.42. The Morgan fingerprint density at radius 2 is 1.90 bits per heavy atom. The summed E-state index contributed by atoms with van der Waals surface area (Å²) in [4.78, 5) is 24.7. The van der Waals surface area contributed by atoms with Crippen LogP contribution in [0, 0.1) is 5.82 Å². The Hall–Kier alpha value is -2.11. The number of hydrogen-bond donors (Lipinski definition) is 1. The van der Waals surface area contributed by atoms with Gasteiger partial charge in [0.05, 0.1) is 6.61 Å². The van der Waals surface area contributed by atoms with Crippen LogP contribution in [-0.2, 0) is 4.79 Å². The number of imide groups is 1. The molecular formula is C14H17FN2O3. The van der Waals surface area contributed by atoms with Crippen LogP contribution in [0.15, 0.2) is 24.3 Å². The summed E-state index contributed by atoms with van der Waals surface area (Å²) >= 11 is 0. The van der Waals surface area contributed by atoms with Crippen molar-refractivity contribution in [3.63, 3.8) is 0 Å². The van der Waals surface area contributed by atoms with Crippen molar-refractivity contribution in [2.45, 2.75) is 25.8 Å². The number of nitrogens with zero attached hydrogens (tertiary/aromatic N) is 1. The molecule has 1 saturated heterocycles. The molecular weight excluding hydrogens is 263 g/mol. The Balaban J connectivity index is 1.78. The highest BCUT2D eigenvalue weighted by Gasteiger charge is 2.43. The minimum atomic E-state index is -0.838. The Labute approximate surface area is 116 Å². The van der Waals surface area contributed by atoms with Crippen LogP contribution < -0.4 is 10.1 Å². The monoisotopic (exact) mass is 280 g/mol. The van der Waals surface area contributed by atoms with Crippen LogP contribution >= 0.6 is 0 Å². The van der Waals surface area contributed by atoms with Crippen molar-refractivity contribution in [2.75, 3.05) is 13.2 Å². The predicted molar refractivity (Wildman–Crippen MR) is 70.8 cm³/mol. The van der Waals surface area contributed by atoms with Crippen LogP contribution in [-0.4, -0.2) is 35.5 Å². The molecule has 5 nitrogen and oxygen atoms in total. The first-order valence-corrected chi connectivity index (χ1v) is 6.42. The normalized spacial score (nSPS) is 17.2. The molecule has 0 bridgehead atoms. The third kappa shape index (κ3) is 3.07. The van der Waals surface area contributed by atoms with Crippen LogP contribution in [0.5, 0.6) is 5.75 Å². The molecule has 1 aliphatic rings. The summed E-state index contributed by atoms with van der Waals surface area (Å²) in [6, 6.07) is 5.32. The first-order chi connectivity index (χ1) is 9.40. The van der Waals surface area contributed by atoms with Crippen molar-refractivity contribution >= 4 is 11.9 Å². The second kappa shape index (κ2) is 5.48. The van der Waals surface area contributed by atoms with Gasteiger partial charge in [0, 0.05) is 6.54 Å². The molecule has 0 radical (unpaired) electrons. The van der Waals surface area contributed by atoms with Gasteiger partial charge in [0.25, 0.3) is 5.91 Å². The summed E-state index contributed by atoms with van der Waals surface area (Å²) in [7, 11) is 0. The van der Waals surface area contributed by atoms with Gasteiger partial charge in [0.1, 0.15) is 17.1 Å². The van der Waals surface area contributed by atoms with Gasteiger partial charge in [-0.25, -0.2) is 9.18 Å². The summed E-state index contributed by atoms with van der Waals surface area (Å²) in [6.07, 6.45) is 0.520. The molecule has 0 unspecified atom stereocenters. The molecule has 0 saturated carbocycles. The number of nitrogens with one attached hydrogen (secondary N) is 1. The van der Waals surface area contributed by atoms with Gasteiger partial charge in [0.15, 0.2) is 0 Å². The van der Waals surface area contributed by atoms with Gasteiger partial charge in [-0.3, -0.25) is 9.69 Å². The molecule has 2 rings (SSSR count). The van der Waals surface area contributed by atoms with Crippen LogP contribution in [0.3, 0.4) is 0 Å². The number of amides is 3. The van der Waals surface area contributed by atoms with Crippen LogP contribution in [0.2, 0.25) is 0 Å². The molecule has 20 heavy (non-hydrogen) atoms. The molecule has 0 aliphatic carbocycles. The maximum Gasteiger partial charge on any atom is 0.325 e. The lowest BCUT2D eigenvalue weighted by Crippen LogP contribution is -2.40. The molecule has 0 aromatic heterocycles. The van der Waals surface area contributed by atoms with E-state index in [1.807, 2.05) is 0 Å². The quantitative estimate of drug-likeness (QED) is 0.662. The maximum atomic E-state index is 12.7. The van der Waals surface area contributed by atoms with E-state index in [0.717, 1.165) is 0 Å². The average Bonchev–Trinajstić information content (AvgIpc) is 2.58. The highest BCUT2D eigenvalue weighted by Crippen LogP contribution is 2.17. The van der Waals surface area contributed by atoms with E-state index in [9.17, 15) is 14.0 Å². The van der Waals surface area contributed by atoms with Gasteiger partial charge in [-0.2, -0.15) is 0 Å². The topological polar surface area (TPSA) is 58.6 Å². The molecule has 0 spiro atoms. The van der Waals surface area contributed by atoms with Crippen molar-refractivity contribution in [2.24, 2.45) is 0 Å². The predicted octanol–water partition coefficient (Wildman–Crippen LogP) is 1.93. The lowest BCUT2D eigenvalue weighted by molar-refractivity contribution is -0.130. The zero-order chi connectivity index (χ0) is 14.8. The smallest absolute Gasteiger partial charge is 0.325 e. The van der Waals surface area contributed by atoms with E-state index < -0.39 is 5.54 Å². The van der Waals surface area contributed by atoms with Crippen LogP contribution in [0.1, 0.15) is 20.3 Å². The van der Waals surface area contributed by atoms with Crippen LogP contribution in [0.4, 0.5) is 9.18 Å². The van der Waals surface area contributed by atoms with Gasteiger partial charge >= 0.3 is 6.03 Å². The van der Waals surface area contributed by atoms with Gasteiger partial charge in [-0.05, 0) is 44.5 Å². The third-order valence-corrected chi connectivity index (χ3v) is 3.05. The standard InChI is InChI=1S/C14H17FN2O3/c1-14(2)12(18)17(13(19)16-14)8-3-9-20-11-6-4-10(15)5-7-11/h4-7H,3,8-9H2,1-2H3,(H,16,19). The number of halogens is 1. The summed E-state index contributed by atoms with van der Waals surface area (Å²) < 4.78 is 18.1. The first kappa shape index (κ1) is 14.3. The van der Waals surface area contributed by atoms with Gasteiger partial charge in [-0.1, -0.05) is 0 Å². The minimum absolute atomic E-state index is 0.232. The Morgan fingerprint density at radius 3 is 2.45 bits per heavy atom. The number of carbonyl (C=O) groups excluding carboxylic acids is 2.